The highest BCUT2D eigenvalue weighted by molar-refractivity contribution is 7.88. The molecule has 2 saturated heterocycles. The Balaban J connectivity index is 0.000000249. The van der Waals surface area contributed by atoms with E-state index in [1.165, 1.54) is 30.0 Å². The van der Waals surface area contributed by atoms with Gasteiger partial charge in [-0.2, -0.15) is 21.1 Å². The second-order valence-corrected chi connectivity index (χ2v) is 22.9. The number of ether oxygens (including phenoxy) is 2. The first kappa shape index (κ1) is 60.5. The van der Waals surface area contributed by atoms with Gasteiger partial charge in [0.1, 0.15) is 48.6 Å². The lowest BCUT2D eigenvalue weighted by molar-refractivity contribution is -0.457. The van der Waals surface area contributed by atoms with Gasteiger partial charge in [-0.15, -0.1) is 12.4 Å². The zero-order valence-corrected chi connectivity index (χ0v) is 45.6. The maximum atomic E-state index is 14.8. The quantitative estimate of drug-likeness (QED) is 0.0782. The van der Waals surface area contributed by atoms with Crippen LogP contribution in [0.1, 0.15) is 63.8 Å². The summed E-state index contributed by atoms with van der Waals surface area (Å²) >= 11 is 0. The van der Waals surface area contributed by atoms with Gasteiger partial charge in [0.15, 0.2) is 0 Å². The SMILES string of the molecule is C=[N+](C)[C-]1C=CN(S(=O)(=O)NC(=O)OC(C)(C)C)C=C1.Cc1cc2ncnc(N3CCN(S(=O)(=O)NC(=O)OC(C)(C)C)CC(F)(F)C3)c2cc1C.Cc1cc2ncnc(N3CCNCC(F)(F)C3)c2cc1C.Cl. The first-order valence-electron chi connectivity index (χ1n) is 22.9. The van der Waals surface area contributed by atoms with Crippen molar-refractivity contribution in [1.82, 2.24) is 43.3 Å². The van der Waals surface area contributed by atoms with E-state index in [0.29, 0.717) is 39.9 Å². The van der Waals surface area contributed by atoms with E-state index in [1.807, 2.05) is 56.7 Å². The van der Waals surface area contributed by atoms with E-state index < -0.39 is 68.7 Å². The minimum absolute atomic E-state index is 0. The summed E-state index contributed by atoms with van der Waals surface area (Å²) in [6, 6.07) is 8.38. The molecular weight excluding hydrogens is 1040 g/mol. The summed E-state index contributed by atoms with van der Waals surface area (Å²) < 4.78 is 123. The van der Waals surface area contributed by atoms with Gasteiger partial charge in [0, 0.05) is 37.0 Å². The van der Waals surface area contributed by atoms with Crippen molar-refractivity contribution in [1.29, 1.82) is 0 Å². The van der Waals surface area contributed by atoms with Crippen molar-refractivity contribution in [2.75, 3.05) is 69.2 Å². The van der Waals surface area contributed by atoms with Crippen LogP contribution >= 0.6 is 12.4 Å². The summed E-state index contributed by atoms with van der Waals surface area (Å²) in [5.41, 5.74) is 3.90. The van der Waals surface area contributed by atoms with Gasteiger partial charge in [-0.3, -0.25) is 4.58 Å². The fourth-order valence-electron chi connectivity index (χ4n) is 7.30. The molecule has 2 amide bonds. The van der Waals surface area contributed by atoms with E-state index in [0.717, 1.165) is 43.5 Å². The third-order valence-corrected chi connectivity index (χ3v) is 13.6. The Morgan fingerprint density at radius 3 is 1.58 bits per heavy atom. The zero-order valence-electron chi connectivity index (χ0n) is 43.2. The molecule has 5 heterocycles. The number of halogens is 5. The lowest BCUT2D eigenvalue weighted by Gasteiger charge is -2.26. The van der Waals surface area contributed by atoms with Gasteiger partial charge >= 0.3 is 32.6 Å². The van der Waals surface area contributed by atoms with E-state index in [2.05, 4.69) is 32.0 Å². The van der Waals surface area contributed by atoms with Gasteiger partial charge in [-0.25, -0.2) is 56.5 Å². The van der Waals surface area contributed by atoms with Gasteiger partial charge in [0.2, 0.25) is 0 Å². The van der Waals surface area contributed by atoms with Crippen LogP contribution in [0.5, 0.6) is 0 Å². The molecule has 7 rings (SSSR count). The molecule has 2 aromatic heterocycles. The number of anilines is 2. The number of aryl methyl sites for hydroxylation is 4. The lowest BCUT2D eigenvalue weighted by Crippen LogP contribution is -2.49. The van der Waals surface area contributed by atoms with E-state index in [4.69, 9.17) is 9.47 Å². The molecule has 2 aromatic carbocycles. The van der Waals surface area contributed by atoms with E-state index in [1.54, 1.807) is 74.9 Å². The lowest BCUT2D eigenvalue weighted by atomic mass is 10.1. The maximum absolute atomic E-state index is 14.8. The van der Waals surface area contributed by atoms with Crippen LogP contribution in [0.25, 0.3) is 21.8 Å². The second kappa shape index (κ2) is 23.6. The number of aromatic nitrogens is 4. The molecule has 0 spiro atoms. The molecule has 0 atom stereocenters. The summed E-state index contributed by atoms with van der Waals surface area (Å²) in [5.74, 6) is -5.26. The fraction of sp³-hybridized carbons (Fsp3) is 0.489. The van der Waals surface area contributed by atoms with Crippen molar-refractivity contribution in [3.05, 3.63) is 89.8 Å². The Hall–Kier alpha value is -6.09. The van der Waals surface area contributed by atoms with Crippen molar-refractivity contribution in [3.8, 4) is 0 Å². The number of benzene rings is 2. The van der Waals surface area contributed by atoms with Gasteiger partial charge in [-0.05, 0) is 116 Å². The molecule has 27 heteroatoms. The summed E-state index contributed by atoms with van der Waals surface area (Å²) in [6.45, 7) is 19.4. The summed E-state index contributed by atoms with van der Waals surface area (Å²) in [7, 11) is -6.83. The average Bonchev–Trinajstić information content (AvgIpc) is 3.54. The number of amides is 2. The number of fused-ring (bicyclic) bond motifs is 2. The Morgan fingerprint density at radius 2 is 1.12 bits per heavy atom. The van der Waals surface area contributed by atoms with Crippen LogP contribution in [0.15, 0.2) is 61.5 Å². The minimum atomic E-state index is -4.54. The van der Waals surface area contributed by atoms with Gasteiger partial charge < -0.3 is 28.9 Å². The molecular formula is C47H65ClF4N12O8S2. The molecule has 3 aliphatic heterocycles. The Morgan fingerprint density at radius 1 is 0.689 bits per heavy atom. The monoisotopic (exact) mass is 1100 g/mol. The molecule has 408 valence electrons. The molecule has 20 nitrogen and oxygen atoms in total. The van der Waals surface area contributed by atoms with Crippen molar-refractivity contribution in [2.45, 2.75) is 92.3 Å². The van der Waals surface area contributed by atoms with Crippen LogP contribution in [0, 0.1) is 33.7 Å². The molecule has 0 aliphatic carbocycles. The summed E-state index contributed by atoms with van der Waals surface area (Å²) in [5, 5.41) is 4.21. The predicted octanol–water partition coefficient (Wildman–Crippen LogP) is 6.46. The topological polar surface area (TPSA) is 224 Å². The van der Waals surface area contributed by atoms with Gasteiger partial charge in [0.25, 0.3) is 11.8 Å². The molecule has 4 aromatic rings. The largest absolute Gasteiger partial charge is 0.443 e. The van der Waals surface area contributed by atoms with Crippen LogP contribution in [-0.4, -0.2) is 151 Å². The highest BCUT2D eigenvalue weighted by atomic mass is 35.5. The molecule has 0 saturated carbocycles. The predicted molar refractivity (Wildman–Crippen MR) is 277 cm³/mol. The third kappa shape index (κ3) is 17.0. The number of carbonyl (C=O) groups excluding carboxylic acids is 2. The molecule has 3 aliphatic rings. The summed E-state index contributed by atoms with van der Waals surface area (Å²) in [6.07, 6.45) is 6.23. The number of rotatable bonds is 7. The molecule has 2 fully saturated rings. The van der Waals surface area contributed by atoms with Crippen LogP contribution in [0.2, 0.25) is 0 Å². The number of nitrogens with one attached hydrogen (secondary N) is 3. The Bertz CT molecular complexity index is 2980. The first-order valence-corrected chi connectivity index (χ1v) is 25.8. The number of hydrogen-bond donors (Lipinski definition) is 3. The molecule has 3 N–H and O–H groups in total. The Kier molecular flexibility index (Phi) is 19.3. The highest BCUT2D eigenvalue weighted by Crippen LogP contribution is 2.31. The van der Waals surface area contributed by atoms with Crippen molar-refractivity contribution in [2.24, 2.45) is 0 Å². The maximum Gasteiger partial charge on any atom is 0.422 e. The third-order valence-electron chi connectivity index (χ3n) is 10.9. The van der Waals surface area contributed by atoms with Gasteiger partial charge in [-0.1, -0.05) is 24.6 Å². The number of hydrogen-bond acceptors (Lipinski definition) is 15. The first-order chi connectivity index (χ1) is 33.6. The standard InChI is InChI=1S/C20H27F2N5O4S.C15H18F2N4.C12H19N3O4S.ClH/c1-13-8-15-16(9-14(13)2)23-12-24-17(15)26-6-7-27(11-20(21,22)10-26)32(29,30)25-18(28)31-19(3,4)5;1-10-5-12-13(6-11(10)2)19-9-20-14(12)21-4-3-18-7-15(16,17)8-21;1-12(2,3)19-11(16)13-20(17,18)15-8-6-10(7-9-15)14(4)5;/h8-9,12H,6-7,10-11H2,1-5H3,(H,25,28);5-6,9,18H,3-4,7-8H2,1-2H3;6-9H,4H2,1-3,5H3,(H,13,16);1H. The zero-order chi connectivity index (χ0) is 54.5. The van der Waals surface area contributed by atoms with Crippen LogP contribution < -0.4 is 24.6 Å². The molecule has 0 radical (unpaired) electrons. The van der Waals surface area contributed by atoms with Crippen molar-refractivity contribution in [3.63, 3.8) is 0 Å². The Labute approximate surface area is 436 Å². The second-order valence-electron chi connectivity index (χ2n) is 19.7. The van der Waals surface area contributed by atoms with Crippen LogP contribution in [-0.2, 0) is 29.9 Å². The molecule has 0 unspecified atom stereocenters. The minimum Gasteiger partial charge on any atom is -0.443 e. The molecule has 74 heavy (non-hydrogen) atoms. The van der Waals surface area contributed by atoms with E-state index in [-0.39, 0.29) is 38.6 Å². The van der Waals surface area contributed by atoms with Crippen molar-refractivity contribution < 1.29 is 58.0 Å². The highest BCUT2D eigenvalue weighted by Gasteiger charge is 2.43. The fourth-order valence-corrected chi connectivity index (χ4v) is 9.16. The van der Waals surface area contributed by atoms with Crippen molar-refractivity contribution >= 4 is 85.2 Å². The normalized spacial score (nSPS) is 17.1. The number of likely N-dealkylation sites (N-methyl/N-ethyl adjacent to an activating group) is 1. The van der Waals surface area contributed by atoms with E-state index >= 15 is 0 Å². The van der Waals surface area contributed by atoms with Gasteiger partial charge in [0.05, 0.1) is 43.9 Å². The van der Waals surface area contributed by atoms with E-state index in [9.17, 15) is 44.0 Å². The van der Waals surface area contributed by atoms with Crippen LogP contribution in [0.4, 0.5) is 38.8 Å². The molecule has 0 bridgehead atoms. The average molecular weight is 1100 g/mol. The summed E-state index contributed by atoms with van der Waals surface area (Å²) in [4.78, 5) is 43.3. The smallest absolute Gasteiger partial charge is 0.422 e. The number of nitrogens with zero attached hydrogens (tertiary/aromatic N) is 9. The van der Waals surface area contributed by atoms with Crippen LogP contribution in [0.3, 0.4) is 0 Å². The number of alkyl halides is 4. The number of carbonyl (C=O) groups is 2.